The standard InChI is InChI=1S/C20H31N5O3S/c1-24(13-19-17-5-3-4-6-18(17)22-23-19)12-16-11-21-20(25(16)9-10-28-2)29(26,27)14-15-7-8-15/h11,15H,3-10,12-14H2,1-2H3,(H,22,23). The molecule has 29 heavy (non-hydrogen) atoms. The second kappa shape index (κ2) is 8.57. The minimum atomic E-state index is -3.37. The maximum absolute atomic E-state index is 12.8. The number of nitrogens with one attached hydrogen (secondary N) is 1. The summed E-state index contributed by atoms with van der Waals surface area (Å²) in [6.07, 6.45) is 8.31. The number of hydrogen-bond acceptors (Lipinski definition) is 6. The van der Waals surface area contributed by atoms with E-state index in [-0.39, 0.29) is 10.9 Å². The largest absolute Gasteiger partial charge is 0.383 e. The smallest absolute Gasteiger partial charge is 0.227 e. The molecule has 2 heterocycles. The number of sulfone groups is 1. The van der Waals surface area contributed by atoms with E-state index < -0.39 is 9.84 Å². The average Bonchev–Trinajstić information content (AvgIpc) is 3.25. The summed E-state index contributed by atoms with van der Waals surface area (Å²) in [5.74, 6) is 0.496. The molecule has 0 atom stereocenters. The van der Waals surface area contributed by atoms with Crippen molar-refractivity contribution in [1.29, 1.82) is 0 Å². The molecule has 0 bridgehead atoms. The van der Waals surface area contributed by atoms with E-state index in [9.17, 15) is 8.42 Å². The number of H-pyrrole nitrogens is 1. The third-order valence-corrected chi connectivity index (χ3v) is 7.64. The van der Waals surface area contributed by atoms with Crippen molar-refractivity contribution in [2.24, 2.45) is 5.92 Å². The lowest BCUT2D eigenvalue weighted by Gasteiger charge is -2.19. The van der Waals surface area contributed by atoms with Crippen LogP contribution in [0.1, 0.15) is 48.3 Å². The summed E-state index contributed by atoms with van der Waals surface area (Å²) in [4.78, 5) is 6.48. The highest BCUT2D eigenvalue weighted by Gasteiger charge is 2.32. The minimum absolute atomic E-state index is 0.182. The van der Waals surface area contributed by atoms with E-state index in [1.165, 1.54) is 24.1 Å². The monoisotopic (exact) mass is 421 g/mol. The second-order valence-electron chi connectivity index (χ2n) is 8.41. The van der Waals surface area contributed by atoms with Crippen LogP contribution in [0.25, 0.3) is 0 Å². The van der Waals surface area contributed by atoms with Gasteiger partial charge in [-0.3, -0.25) is 10.00 Å². The lowest BCUT2D eigenvalue weighted by atomic mass is 9.96. The van der Waals surface area contributed by atoms with Gasteiger partial charge in [0.15, 0.2) is 0 Å². The Kier molecular flexibility index (Phi) is 6.08. The molecule has 0 aromatic carbocycles. The second-order valence-corrected chi connectivity index (χ2v) is 10.3. The molecule has 1 N–H and O–H groups in total. The zero-order valence-electron chi connectivity index (χ0n) is 17.4. The zero-order valence-corrected chi connectivity index (χ0v) is 18.2. The summed E-state index contributed by atoms with van der Waals surface area (Å²) < 4.78 is 32.7. The van der Waals surface area contributed by atoms with E-state index in [2.05, 4.69) is 20.1 Å². The predicted molar refractivity (Wildman–Crippen MR) is 109 cm³/mol. The lowest BCUT2D eigenvalue weighted by molar-refractivity contribution is 0.182. The topological polar surface area (TPSA) is 93.1 Å². The summed E-state index contributed by atoms with van der Waals surface area (Å²) in [5.41, 5.74) is 4.64. The molecule has 0 spiro atoms. The van der Waals surface area contributed by atoms with Crippen molar-refractivity contribution >= 4 is 9.84 Å². The van der Waals surface area contributed by atoms with E-state index in [4.69, 9.17) is 4.74 Å². The maximum Gasteiger partial charge on any atom is 0.227 e. The van der Waals surface area contributed by atoms with E-state index in [1.807, 2.05) is 11.6 Å². The van der Waals surface area contributed by atoms with Gasteiger partial charge in [-0.1, -0.05) is 0 Å². The van der Waals surface area contributed by atoms with Crippen LogP contribution >= 0.6 is 0 Å². The van der Waals surface area contributed by atoms with Crippen molar-refractivity contribution < 1.29 is 13.2 Å². The Bertz CT molecular complexity index is 945. The number of aryl methyl sites for hydroxylation is 1. The van der Waals surface area contributed by atoms with Gasteiger partial charge in [0, 0.05) is 32.4 Å². The Balaban J connectivity index is 1.50. The first-order valence-electron chi connectivity index (χ1n) is 10.5. The Labute approximate surface area is 172 Å². The fourth-order valence-corrected chi connectivity index (χ4v) is 5.99. The molecule has 0 aliphatic heterocycles. The van der Waals surface area contributed by atoms with Gasteiger partial charge in [0.1, 0.15) is 0 Å². The quantitative estimate of drug-likeness (QED) is 0.630. The van der Waals surface area contributed by atoms with Crippen molar-refractivity contribution in [2.45, 2.75) is 63.3 Å². The highest BCUT2D eigenvalue weighted by molar-refractivity contribution is 7.91. The normalized spacial score (nSPS) is 17.1. The first-order chi connectivity index (χ1) is 14.0. The molecule has 0 saturated heterocycles. The van der Waals surface area contributed by atoms with Gasteiger partial charge in [0.05, 0.1) is 29.9 Å². The molecule has 2 aliphatic rings. The number of methoxy groups -OCH3 is 1. The van der Waals surface area contributed by atoms with Gasteiger partial charge in [-0.25, -0.2) is 13.4 Å². The van der Waals surface area contributed by atoms with Crippen molar-refractivity contribution in [3.05, 3.63) is 28.8 Å². The van der Waals surface area contributed by atoms with Crippen molar-refractivity contribution in [1.82, 2.24) is 24.6 Å². The van der Waals surface area contributed by atoms with Crippen LogP contribution in [-0.2, 0) is 47.1 Å². The lowest BCUT2D eigenvalue weighted by Crippen LogP contribution is -2.23. The number of ether oxygens (including phenoxy) is 1. The molecule has 2 aromatic heterocycles. The molecule has 0 amide bonds. The third-order valence-electron chi connectivity index (χ3n) is 5.84. The molecule has 2 aliphatic carbocycles. The summed E-state index contributed by atoms with van der Waals surface area (Å²) in [6, 6.07) is 0. The molecule has 2 aromatic rings. The first kappa shape index (κ1) is 20.6. The van der Waals surface area contributed by atoms with Crippen molar-refractivity contribution in [3.8, 4) is 0 Å². The van der Waals surface area contributed by atoms with Crippen LogP contribution in [0, 0.1) is 5.92 Å². The number of nitrogens with zero attached hydrogens (tertiary/aromatic N) is 4. The van der Waals surface area contributed by atoms with Gasteiger partial charge < -0.3 is 9.30 Å². The fourth-order valence-electron chi connectivity index (χ4n) is 4.13. The summed E-state index contributed by atoms with van der Waals surface area (Å²) >= 11 is 0. The zero-order chi connectivity index (χ0) is 20.4. The van der Waals surface area contributed by atoms with Gasteiger partial charge >= 0.3 is 0 Å². The molecular formula is C20H31N5O3S. The van der Waals surface area contributed by atoms with Gasteiger partial charge in [-0.05, 0) is 57.1 Å². The van der Waals surface area contributed by atoms with Crippen LogP contribution < -0.4 is 0 Å². The maximum atomic E-state index is 12.8. The van der Waals surface area contributed by atoms with Crippen molar-refractivity contribution in [2.75, 3.05) is 26.5 Å². The van der Waals surface area contributed by atoms with Crippen LogP contribution in [0.4, 0.5) is 0 Å². The number of imidazole rings is 1. The van der Waals surface area contributed by atoms with E-state index in [0.717, 1.165) is 43.6 Å². The Morgan fingerprint density at radius 2 is 2.07 bits per heavy atom. The van der Waals surface area contributed by atoms with E-state index >= 15 is 0 Å². The van der Waals surface area contributed by atoms with Crippen LogP contribution in [0.3, 0.4) is 0 Å². The molecule has 1 saturated carbocycles. The fraction of sp³-hybridized carbons (Fsp3) is 0.700. The Morgan fingerprint density at radius 3 is 2.83 bits per heavy atom. The number of aromatic amines is 1. The van der Waals surface area contributed by atoms with Crippen LogP contribution in [0.15, 0.2) is 11.4 Å². The van der Waals surface area contributed by atoms with Crippen LogP contribution in [0.5, 0.6) is 0 Å². The number of fused-ring (bicyclic) bond motifs is 1. The molecule has 1 fully saturated rings. The summed E-state index contributed by atoms with van der Waals surface area (Å²) in [5, 5.41) is 7.91. The average molecular weight is 422 g/mol. The third kappa shape index (κ3) is 4.73. The van der Waals surface area contributed by atoms with Gasteiger partial charge in [-0.15, -0.1) is 0 Å². The highest BCUT2D eigenvalue weighted by atomic mass is 32.2. The highest BCUT2D eigenvalue weighted by Crippen LogP contribution is 2.32. The van der Waals surface area contributed by atoms with Gasteiger partial charge in [0.25, 0.3) is 0 Å². The molecule has 160 valence electrons. The summed E-state index contributed by atoms with van der Waals surface area (Å²) in [6.45, 7) is 2.27. The molecule has 9 heteroatoms. The van der Waals surface area contributed by atoms with E-state index in [0.29, 0.717) is 25.6 Å². The number of rotatable bonds is 10. The molecule has 0 unspecified atom stereocenters. The van der Waals surface area contributed by atoms with E-state index in [1.54, 1.807) is 13.3 Å². The number of hydrogen-bond donors (Lipinski definition) is 1. The van der Waals surface area contributed by atoms with Crippen LogP contribution in [0.2, 0.25) is 0 Å². The van der Waals surface area contributed by atoms with Crippen molar-refractivity contribution in [3.63, 3.8) is 0 Å². The molecule has 8 nitrogen and oxygen atoms in total. The predicted octanol–water partition coefficient (Wildman–Crippen LogP) is 1.95. The Hall–Kier alpha value is -1.71. The molecule has 4 rings (SSSR count). The van der Waals surface area contributed by atoms with Gasteiger partial charge in [-0.2, -0.15) is 5.10 Å². The van der Waals surface area contributed by atoms with Gasteiger partial charge in [0.2, 0.25) is 15.0 Å². The number of aromatic nitrogens is 4. The SMILES string of the molecule is COCCn1c(CN(C)Cc2n[nH]c3c2CCCC3)cnc1S(=O)(=O)CC1CC1. The first-order valence-corrected chi connectivity index (χ1v) is 12.1. The Morgan fingerprint density at radius 1 is 1.28 bits per heavy atom. The minimum Gasteiger partial charge on any atom is -0.383 e. The molecular weight excluding hydrogens is 390 g/mol. The van der Waals surface area contributed by atoms with Crippen LogP contribution in [-0.4, -0.2) is 59.6 Å². The molecule has 0 radical (unpaired) electrons. The summed E-state index contributed by atoms with van der Waals surface area (Å²) in [7, 11) is 0.290.